The number of rotatable bonds is 4. The smallest absolute Gasteiger partial charge is 0.254 e. The van der Waals surface area contributed by atoms with E-state index >= 15 is 0 Å². The molecule has 1 unspecified atom stereocenters. The molecular formula is C29H29FN6O2. The number of piperidine rings is 1. The molecule has 2 aromatic carbocycles. The number of nitrogens with one attached hydrogen (secondary N) is 1. The van der Waals surface area contributed by atoms with Gasteiger partial charge in [-0.15, -0.1) is 0 Å². The van der Waals surface area contributed by atoms with Crippen molar-refractivity contribution >= 4 is 28.2 Å². The van der Waals surface area contributed by atoms with Crippen LogP contribution in [0.4, 0.5) is 15.8 Å². The van der Waals surface area contributed by atoms with Gasteiger partial charge in [-0.25, -0.2) is 4.39 Å². The molecule has 0 aliphatic carbocycles. The van der Waals surface area contributed by atoms with Crippen molar-refractivity contribution in [2.75, 3.05) is 36.5 Å². The van der Waals surface area contributed by atoms with Crippen LogP contribution in [0.25, 0.3) is 10.9 Å². The lowest BCUT2D eigenvalue weighted by Crippen LogP contribution is -2.45. The fraction of sp³-hybridized carbons (Fsp3) is 0.310. The van der Waals surface area contributed by atoms with Crippen LogP contribution in [0.15, 0.2) is 60.8 Å². The van der Waals surface area contributed by atoms with Gasteiger partial charge >= 0.3 is 0 Å². The molecule has 2 atom stereocenters. The highest BCUT2D eigenvalue weighted by atomic mass is 19.1. The molecule has 4 aromatic rings. The number of para-hydroxylation sites is 1. The van der Waals surface area contributed by atoms with Crippen molar-refractivity contribution in [1.29, 1.82) is 0 Å². The summed E-state index contributed by atoms with van der Waals surface area (Å²) in [6, 6.07) is 17.1. The molecule has 3 N–H and O–H groups in total. The molecule has 1 amide bonds. The number of carbonyl (C=O) groups excluding carboxylic acids is 1. The Labute approximate surface area is 219 Å². The Balaban J connectivity index is 1.28. The number of nitrogens with zero attached hydrogens (tertiary/aromatic N) is 4. The fourth-order valence-electron chi connectivity index (χ4n) is 6.03. The first kappa shape index (κ1) is 23.0. The van der Waals surface area contributed by atoms with Crippen molar-refractivity contribution in [2.45, 2.75) is 31.6 Å². The first-order valence-corrected chi connectivity index (χ1v) is 13.1. The van der Waals surface area contributed by atoms with Crippen molar-refractivity contribution in [3.05, 3.63) is 83.6 Å². The number of carbonyl (C=O) groups is 1. The number of hydrogen-bond acceptors (Lipinski definition) is 6. The van der Waals surface area contributed by atoms with Crippen molar-refractivity contribution in [1.82, 2.24) is 14.5 Å². The minimum absolute atomic E-state index is 0.0144. The summed E-state index contributed by atoms with van der Waals surface area (Å²) in [4.78, 5) is 21.8. The van der Waals surface area contributed by atoms with E-state index < -0.39 is 0 Å². The Bertz CT molecular complexity index is 1550. The average molecular weight is 513 g/mol. The Morgan fingerprint density at radius 3 is 2.92 bits per heavy atom. The second-order valence-electron chi connectivity index (χ2n) is 10.3. The predicted molar refractivity (Wildman–Crippen MR) is 144 cm³/mol. The molecule has 3 aliphatic heterocycles. The van der Waals surface area contributed by atoms with Crippen LogP contribution < -0.4 is 20.7 Å². The minimum Gasteiger partial charge on any atom is -0.489 e. The maximum atomic E-state index is 14.6. The molecule has 38 heavy (non-hydrogen) atoms. The van der Waals surface area contributed by atoms with Gasteiger partial charge in [-0.1, -0.05) is 18.2 Å². The van der Waals surface area contributed by atoms with Crippen molar-refractivity contribution in [3.8, 4) is 5.75 Å². The van der Waals surface area contributed by atoms with Gasteiger partial charge in [0.1, 0.15) is 30.0 Å². The highest BCUT2D eigenvalue weighted by molar-refractivity contribution is 5.99. The molecule has 7 rings (SSSR count). The number of ether oxygens (including phenoxy) is 1. The topological polar surface area (TPSA) is 88.7 Å². The van der Waals surface area contributed by atoms with E-state index in [1.54, 1.807) is 12.3 Å². The van der Waals surface area contributed by atoms with E-state index in [-0.39, 0.29) is 23.9 Å². The molecule has 0 bridgehead atoms. The number of aromatic nitrogens is 2. The van der Waals surface area contributed by atoms with E-state index in [0.717, 1.165) is 40.8 Å². The molecule has 1 fully saturated rings. The molecule has 0 radical (unpaired) electrons. The molecule has 3 aliphatic rings. The van der Waals surface area contributed by atoms with Crippen LogP contribution >= 0.6 is 0 Å². The SMILES string of the molecule is NC1CCCN(C(=O)c2cc3c4c(c2)OCCN4[C@H](c2cc4ccccc4n2Cc2ncccc2F)N3)C1. The predicted octanol–water partition coefficient (Wildman–Crippen LogP) is 4.11. The lowest BCUT2D eigenvalue weighted by Gasteiger charge is -2.33. The summed E-state index contributed by atoms with van der Waals surface area (Å²) in [5, 5.41) is 4.73. The summed E-state index contributed by atoms with van der Waals surface area (Å²) in [6.45, 7) is 2.78. The van der Waals surface area contributed by atoms with E-state index in [4.69, 9.17) is 10.5 Å². The zero-order valence-corrected chi connectivity index (χ0v) is 20.9. The van der Waals surface area contributed by atoms with Gasteiger partial charge in [0.15, 0.2) is 0 Å². The first-order valence-electron chi connectivity index (χ1n) is 13.1. The quantitative estimate of drug-likeness (QED) is 0.428. The van der Waals surface area contributed by atoms with Crippen LogP contribution in [0.3, 0.4) is 0 Å². The average Bonchev–Trinajstić information content (AvgIpc) is 3.49. The number of anilines is 2. The van der Waals surface area contributed by atoms with E-state index in [0.29, 0.717) is 49.8 Å². The Morgan fingerprint density at radius 2 is 2.05 bits per heavy atom. The summed E-state index contributed by atoms with van der Waals surface area (Å²) in [6.07, 6.45) is 3.27. The van der Waals surface area contributed by atoms with Crippen LogP contribution in [0.5, 0.6) is 5.75 Å². The molecular weight excluding hydrogens is 483 g/mol. The van der Waals surface area contributed by atoms with Crippen LogP contribution in [-0.2, 0) is 6.54 Å². The number of nitrogens with two attached hydrogens (primary N) is 1. The summed E-state index contributed by atoms with van der Waals surface area (Å²) >= 11 is 0. The second-order valence-corrected chi connectivity index (χ2v) is 10.3. The van der Waals surface area contributed by atoms with Gasteiger partial charge in [0, 0.05) is 41.8 Å². The van der Waals surface area contributed by atoms with Gasteiger partial charge in [-0.2, -0.15) is 0 Å². The van der Waals surface area contributed by atoms with Gasteiger partial charge in [-0.3, -0.25) is 9.78 Å². The molecule has 0 saturated carbocycles. The van der Waals surface area contributed by atoms with Crippen LogP contribution in [0.1, 0.15) is 40.8 Å². The van der Waals surface area contributed by atoms with Crippen LogP contribution in [-0.4, -0.2) is 52.6 Å². The van der Waals surface area contributed by atoms with Crippen LogP contribution in [0.2, 0.25) is 0 Å². The molecule has 0 spiro atoms. The van der Waals surface area contributed by atoms with E-state index in [1.165, 1.54) is 6.07 Å². The number of fused-ring (bicyclic) bond motifs is 1. The zero-order valence-electron chi connectivity index (χ0n) is 20.9. The first-order chi connectivity index (χ1) is 18.6. The van der Waals surface area contributed by atoms with Gasteiger partial charge in [0.05, 0.1) is 30.2 Å². The summed E-state index contributed by atoms with van der Waals surface area (Å²) < 4.78 is 22.8. The molecule has 194 valence electrons. The third kappa shape index (κ3) is 3.77. The Morgan fingerprint density at radius 1 is 1.16 bits per heavy atom. The Kier molecular flexibility index (Phi) is 5.47. The summed E-state index contributed by atoms with van der Waals surface area (Å²) in [5.74, 6) is 0.352. The van der Waals surface area contributed by atoms with Crippen molar-refractivity contribution < 1.29 is 13.9 Å². The largest absolute Gasteiger partial charge is 0.489 e. The van der Waals surface area contributed by atoms with Gasteiger partial charge in [0.2, 0.25) is 0 Å². The number of pyridine rings is 1. The third-order valence-electron chi connectivity index (χ3n) is 7.81. The molecule has 5 heterocycles. The highest BCUT2D eigenvalue weighted by Gasteiger charge is 2.38. The van der Waals surface area contributed by atoms with Crippen molar-refractivity contribution in [2.24, 2.45) is 5.73 Å². The minimum atomic E-state index is -0.326. The third-order valence-corrected chi connectivity index (χ3v) is 7.81. The number of benzene rings is 2. The van der Waals surface area contributed by atoms with E-state index in [2.05, 4.69) is 31.9 Å². The molecule has 2 aromatic heterocycles. The van der Waals surface area contributed by atoms with E-state index in [9.17, 15) is 9.18 Å². The standard InChI is InChI=1S/C29H29FN6O2/c30-21-7-3-9-32-23(21)17-36-24-8-2-1-5-18(24)14-25(36)28-33-22-13-19(15-26-27(22)35(28)11-12-38-26)29(37)34-10-4-6-20(31)16-34/h1-3,5,7-9,13-15,20,28,33H,4,6,10-12,16-17,31H2/t20?,28-/m1/s1. The summed E-state index contributed by atoms with van der Waals surface area (Å²) in [5.41, 5.74) is 10.9. The molecule has 1 saturated heterocycles. The normalized spacial score (nSPS) is 20.3. The highest BCUT2D eigenvalue weighted by Crippen LogP contribution is 2.50. The monoisotopic (exact) mass is 512 g/mol. The maximum absolute atomic E-state index is 14.6. The van der Waals surface area contributed by atoms with Gasteiger partial charge < -0.3 is 30.2 Å². The molecule has 8 nitrogen and oxygen atoms in total. The lowest BCUT2D eigenvalue weighted by molar-refractivity contribution is 0.0708. The second kappa shape index (κ2) is 9.02. The number of halogens is 1. The van der Waals surface area contributed by atoms with Gasteiger partial charge in [0.25, 0.3) is 5.91 Å². The molecule has 9 heteroatoms. The van der Waals surface area contributed by atoms with Crippen LogP contribution in [0, 0.1) is 5.82 Å². The van der Waals surface area contributed by atoms with Crippen molar-refractivity contribution in [3.63, 3.8) is 0 Å². The van der Waals surface area contributed by atoms with Gasteiger partial charge in [-0.05, 0) is 49.2 Å². The fourth-order valence-corrected chi connectivity index (χ4v) is 6.03. The Hall–Kier alpha value is -4.11. The van der Waals surface area contributed by atoms with E-state index in [1.807, 2.05) is 35.2 Å². The summed E-state index contributed by atoms with van der Waals surface area (Å²) in [7, 11) is 0. The lowest BCUT2D eigenvalue weighted by atomic mass is 10.0. The number of likely N-dealkylation sites (tertiary alicyclic amines) is 1. The zero-order chi connectivity index (χ0) is 25.8. The number of amides is 1. The maximum Gasteiger partial charge on any atom is 0.254 e. The number of hydrogen-bond donors (Lipinski definition) is 2.